The Balaban J connectivity index is 2.34. The Bertz CT molecular complexity index is 566. The van der Waals surface area contributed by atoms with E-state index in [9.17, 15) is 5.11 Å². The van der Waals surface area contributed by atoms with Crippen molar-refractivity contribution in [3.63, 3.8) is 0 Å². The van der Waals surface area contributed by atoms with Crippen molar-refractivity contribution < 1.29 is 5.11 Å². The van der Waals surface area contributed by atoms with Crippen LogP contribution in [0, 0.1) is 0 Å². The Labute approximate surface area is 138 Å². The van der Waals surface area contributed by atoms with Gasteiger partial charge >= 0.3 is 0 Å². The lowest BCUT2D eigenvalue weighted by Crippen LogP contribution is -2.34. The van der Waals surface area contributed by atoms with Gasteiger partial charge in [-0.25, -0.2) is 0 Å². The summed E-state index contributed by atoms with van der Waals surface area (Å²) in [6, 6.07) is 17.4. The summed E-state index contributed by atoms with van der Waals surface area (Å²) in [6.45, 7) is 7.12. The molecule has 2 rings (SSSR count). The quantitative estimate of drug-likeness (QED) is 0.822. The summed E-state index contributed by atoms with van der Waals surface area (Å²) in [5, 5.41) is 12.1. The maximum absolute atomic E-state index is 11.4. The summed E-state index contributed by atoms with van der Waals surface area (Å²) in [5.74, 6) is 0. The Morgan fingerprint density at radius 3 is 2.00 bits per heavy atom. The monoisotopic (exact) mass is 317 g/mol. The van der Waals surface area contributed by atoms with Gasteiger partial charge in [-0.05, 0) is 42.8 Å². The SMILES string of the molecule is CCN(CC)CCC(O)(c1ccccc1)c1ccc(Cl)cc1. The van der Waals surface area contributed by atoms with Crippen LogP contribution in [0.15, 0.2) is 54.6 Å². The van der Waals surface area contributed by atoms with E-state index < -0.39 is 5.60 Å². The highest BCUT2D eigenvalue weighted by atomic mass is 35.5. The van der Waals surface area contributed by atoms with Crippen LogP contribution in [0.5, 0.6) is 0 Å². The lowest BCUT2D eigenvalue weighted by atomic mass is 9.83. The van der Waals surface area contributed by atoms with E-state index in [4.69, 9.17) is 11.6 Å². The van der Waals surface area contributed by atoms with E-state index in [1.807, 2.05) is 54.6 Å². The standard InChI is InChI=1S/C19H24ClNO/c1-3-21(4-2)15-14-19(22,16-8-6-5-7-9-16)17-10-12-18(20)13-11-17/h5-13,22H,3-4,14-15H2,1-2H3. The molecule has 2 nitrogen and oxygen atoms in total. The van der Waals surface area contributed by atoms with Crippen LogP contribution in [0.3, 0.4) is 0 Å². The highest BCUT2D eigenvalue weighted by Gasteiger charge is 2.31. The van der Waals surface area contributed by atoms with E-state index in [0.717, 1.165) is 30.8 Å². The molecule has 0 aromatic heterocycles. The minimum absolute atomic E-state index is 0.653. The number of nitrogens with zero attached hydrogens (tertiary/aromatic N) is 1. The van der Waals surface area contributed by atoms with Gasteiger partial charge in [0.2, 0.25) is 0 Å². The summed E-state index contributed by atoms with van der Waals surface area (Å²) in [7, 11) is 0. The van der Waals surface area contributed by atoms with Gasteiger partial charge in [0.05, 0.1) is 0 Å². The van der Waals surface area contributed by atoms with Crippen molar-refractivity contribution >= 4 is 11.6 Å². The molecule has 0 amide bonds. The predicted octanol–water partition coefficient (Wildman–Crippen LogP) is 4.31. The van der Waals surface area contributed by atoms with E-state index in [1.54, 1.807) is 0 Å². The van der Waals surface area contributed by atoms with Crippen LogP contribution in [0.1, 0.15) is 31.4 Å². The van der Waals surface area contributed by atoms with Crippen LogP contribution in [0.4, 0.5) is 0 Å². The average Bonchev–Trinajstić information content (AvgIpc) is 2.57. The minimum Gasteiger partial charge on any atom is -0.380 e. The molecule has 1 N–H and O–H groups in total. The highest BCUT2D eigenvalue weighted by Crippen LogP contribution is 2.33. The Morgan fingerprint density at radius 2 is 1.45 bits per heavy atom. The molecule has 2 aromatic carbocycles. The highest BCUT2D eigenvalue weighted by molar-refractivity contribution is 6.30. The van der Waals surface area contributed by atoms with Crippen molar-refractivity contribution in [2.45, 2.75) is 25.9 Å². The molecule has 118 valence electrons. The van der Waals surface area contributed by atoms with Crippen LogP contribution in [0.2, 0.25) is 5.02 Å². The Morgan fingerprint density at radius 1 is 0.909 bits per heavy atom. The molecule has 0 aliphatic carbocycles. The number of rotatable bonds is 7. The van der Waals surface area contributed by atoms with Gasteiger partial charge in [-0.1, -0.05) is 67.9 Å². The number of benzene rings is 2. The minimum atomic E-state index is -0.992. The molecule has 0 heterocycles. The third-order valence-corrected chi connectivity index (χ3v) is 4.51. The second kappa shape index (κ2) is 7.77. The predicted molar refractivity (Wildman–Crippen MR) is 93.3 cm³/mol. The van der Waals surface area contributed by atoms with Crippen LogP contribution in [-0.4, -0.2) is 29.6 Å². The van der Waals surface area contributed by atoms with Crippen LogP contribution in [0.25, 0.3) is 0 Å². The number of hydrogen-bond donors (Lipinski definition) is 1. The third-order valence-electron chi connectivity index (χ3n) is 4.26. The fourth-order valence-electron chi connectivity index (χ4n) is 2.75. The number of aliphatic hydroxyl groups is 1. The van der Waals surface area contributed by atoms with Gasteiger partial charge in [-0.2, -0.15) is 0 Å². The smallest absolute Gasteiger partial charge is 0.116 e. The largest absolute Gasteiger partial charge is 0.380 e. The first-order valence-corrected chi connectivity index (χ1v) is 8.24. The van der Waals surface area contributed by atoms with Crippen molar-refractivity contribution in [2.24, 2.45) is 0 Å². The molecule has 2 aromatic rings. The van der Waals surface area contributed by atoms with Gasteiger partial charge in [0, 0.05) is 11.6 Å². The summed E-state index contributed by atoms with van der Waals surface area (Å²) in [5.41, 5.74) is 0.814. The Hall–Kier alpha value is -1.35. The van der Waals surface area contributed by atoms with Gasteiger partial charge in [0.25, 0.3) is 0 Å². The van der Waals surface area contributed by atoms with Gasteiger partial charge in [0.15, 0.2) is 0 Å². The van der Waals surface area contributed by atoms with Gasteiger partial charge in [0.1, 0.15) is 5.60 Å². The molecule has 0 radical (unpaired) electrons. The Kier molecular flexibility index (Phi) is 6.01. The maximum atomic E-state index is 11.4. The fraction of sp³-hybridized carbons (Fsp3) is 0.368. The van der Waals surface area contributed by atoms with Crippen molar-refractivity contribution in [3.8, 4) is 0 Å². The zero-order valence-electron chi connectivity index (χ0n) is 13.3. The first-order chi connectivity index (χ1) is 10.6. The average molecular weight is 318 g/mol. The lowest BCUT2D eigenvalue weighted by Gasteiger charge is -2.32. The number of hydrogen-bond acceptors (Lipinski definition) is 2. The third kappa shape index (κ3) is 3.89. The summed E-state index contributed by atoms with van der Waals surface area (Å²) in [6.07, 6.45) is 0.653. The zero-order chi connectivity index (χ0) is 16.0. The second-order valence-corrected chi connectivity index (χ2v) is 5.95. The lowest BCUT2D eigenvalue weighted by molar-refractivity contribution is 0.0586. The van der Waals surface area contributed by atoms with Crippen LogP contribution < -0.4 is 0 Å². The topological polar surface area (TPSA) is 23.5 Å². The molecule has 3 heteroatoms. The van der Waals surface area contributed by atoms with E-state index >= 15 is 0 Å². The van der Waals surface area contributed by atoms with Crippen molar-refractivity contribution in [3.05, 3.63) is 70.7 Å². The van der Waals surface area contributed by atoms with Crippen molar-refractivity contribution in [1.29, 1.82) is 0 Å². The molecule has 0 spiro atoms. The zero-order valence-corrected chi connectivity index (χ0v) is 14.1. The first-order valence-electron chi connectivity index (χ1n) is 7.86. The molecule has 0 saturated carbocycles. The second-order valence-electron chi connectivity index (χ2n) is 5.51. The molecule has 0 bridgehead atoms. The maximum Gasteiger partial charge on any atom is 0.116 e. The molecule has 22 heavy (non-hydrogen) atoms. The van der Waals surface area contributed by atoms with E-state index in [0.29, 0.717) is 11.4 Å². The summed E-state index contributed by atoms with van der Waals surface area (Å²) < 4.78 is 0. The van der Waals surface area contributed by atoms with Crippen molar-refractivity contribution in [2.75, 3.05) is 19.6 Å². The number of halogens is 1. The molecule has 0 fully saturated rings. The molecular weight excluding hydrogens is 294 g/mol. The van der Waals surface area contributed by atoms with E-state index in [-0.39, 0.29) is 0 Å². The van der Waals surface area contributed by atoms with E-state index in [1.165, 1.54) is 0 Å². The summed E-state index contributed by atoms with van der Waals surface area (Å²) in [4.78, 5) is 2.32. The molecule has 0 saturated heterocycles. The van der Waals surface area contributed by atoms with E-state index in [2.05, 4.69) is 18.7 Å². The first kappa shape index (κ1) is 17.0. The molecule has 1 unspecified atom stereocenters. The molecule has 0 aliphatic heterocycles. The van der Waals surface area contributed by atoms with Crippen molar-refractivity contribution in [1.82, 2.24) is 4.90 Å². The van der Waals surface area contributed by atoms with Gasteiger partial charge in [-0.3, -0.25) is 0 Å². The molecule has 0 aliphatic rings. The fourth-order valence-corrected chi connectivity index (χ4v) is 2.88. The van der Waals surface area contributed by atoms with Gasteiger partial charge in [-0.15, -0.1) is 0 Å². The molecular formula is C19H24ClNO. The normalized spacial score (nSPS) is 14.0. The molecule has 1 atom stereocenters. The summed E-state index contributed by atoms with van der Waals surface area (Å²) >= 11 is 5.99. The van der Waals surface area contributed by atoms with Crippen LogP contribution >= 0.6 is 11.6 Å². The van der Waals surface area contributed by atoms with Gasteiger partial charge < -0.3 is 10.0 Å². The van der Waals surface area contributed by atoms with Crippen LogP contribution in [-0.2, 0) is 5.60 Å².